The zero-order valence-corrected chi connectivity index (χ0v) is 14.7. The molecule has 1 aliphatic rings. The van der Waals surface area contributed by atoms with Crippen molar-refractivity contribution in [2.45, 2.75) is 19.3 Å². The second kappa shape index (κ2) is 6.22. The molecule has 25 heavy (non-hydrogen) atoms. The molecule has 0 amide bonds. The van der Waals surface area contributed by atoms with E-state index in [2.05, 4.69) is 111 Å². The number of rotatable bonds is 3. The predicted molar refractivity (Wildman–Crippen MR) is 107 cm³/mol. The molecule has 0 bridgehead atoms. The Bertz CT molecular complexity index is 900. The van der Waals surface area contributed by atoms with Gasteiger partial charge in [-0.2, -0.15) is 0 Å². The van der Waals surface area contributed by atoms with Gasteiger partial charge < -0.3 is 0 Å². The highest BCUT2D eigenvalue weighted by molar-refractivity contribution is 5.85. The molecule has 0 spiro atoms. The van der Waals surface area contributed by atoms with Crippen LogP contribution in [0.3, 0.4) is 0 Å². The van der Waals surface area contributed by atoms with E-state index in [4.69, 9.17) is 0 Å². The van der Waals surface area contributed by atoms with Gasteiger partial charge in [0.2, 0.25) is 0 Å². The van der Waals surface area contributed by atoms with Gasteiger partial charge in [0.1, 0.15) is 0 Å². The third-order valence-corrected chi connectivity index (χ3v) is 5.14. The lowest BCUT2D eigenvalue weighted by molar-refractivity contribution is 0.655. The quantitative estimate of drug-likeness (QED) is 0.517. The summed E-state index contributed by atoms with van der Waals surface area (Å²) >= 11 is 0. The molecule has 0 atom stereocenters. The Morgan fingerprint density at radius 3 is 1.76 bits per heavy atom. The average Bonchev–Trinajstić information content (AvgIpc) is 2.91. The molecule has 0 aromatic heterocycles. The molecule has 4 rings (SSSR count). The lowest BCUT2D eigenvalue weighted by atomic mass is 9.80. The van der Waals surface area contributed by atoms with E-state index in [-0.39, 0.29) is 5.41 Å². The van der Waals surface area contributed by atoms with Gasteiger partial charge in [-0.3, -0.25) is 0 Å². The van der Waals surface area contributed by atoms with Crippen molar-refractivity contribution in [3.8, 4) is 0 Å². The van der Waals surface area contributed by atoms with E-state index in [1.807, 2.05) is 0 Å². The van der Waals surface area contributed by atoms with Crippen LogP contribution in [0, 0.1) is 0 Å². The summed E-state index contributed by atoms with van der Waals surface area (Å²) in [6.07, 6.45) is 4.70. The molecule has 1 aliphatic carbocycles. The van der Waals surface area contributed by atoms with Crippen LogP contribution in [0.25, 0.3) is 11.6 Å². The van der Waals surface area contributed by atoms with Gasteiger partial charge in [-0.05, 0) is 39.5 Å². The van der Waals surface area contributed by atoms with E-state index in [1.54, 1.807) is 0 Å². The van der Waals surface area contributed by atoms with Crippen molar-refractivity contribution in [1.29, 1.82) is 0 Å². The molecule has 3 aromatic rings. The molecule has 0 nitrogen and oxygen atoms in total. The summed E-state index contributed by atoms with van der Waals surface area (Å²) < 4.78 is 0. The van der Waals surface area contributed by atoms with Gasteiger partial charge in [0.15, 0.2) is 0 Å². The zero-order valence-electron chi connectivity index (χ0n) is 14.7. The van der Waals surface area contributed by atoms with E-state index < -0.39 is 0 Å². The first-order valence-electron chi connectivity index (χ1n) is 8.80. The van der Waals surface area contributed by atoms with Crippen molar-refractivity contribution in [1.82, 2.24) is 0 Å². The van der Waals surface area contributed by atoms with E-state index >= 15 is 0 Å². The Morgan fingerprint density at radius 1 is 0.680 bits per heavy atom. The molecule has 0 radical (unpaired) electrons. The number of hydrogen-bond donors (Lipinski definition) is 0. The normalized spacial score (nSPS) is 14.6. The van der Waals surface area contributed by atoms with E-state index in [0.717, 1.165) is 0 Å². The smallest absolute Gasteiger partial charge is 0.0152 e. The highest BCUT2D eigenvalue weighted by atomic mass is 14.3. The molecule has 0 saturated carbocycles. The second-order valence-electron chi connectivity index (χ2n) is 7.10. The summed E-state index contributed by atoms with van der Waals surface area (Å²) in [6, 6.07) is 30.0. The summed E-state index contributed by atoms with van der Waals surface area (Å²) in [4.78, 5) is 0. The minimum Gasteiger partial charge on any atom is -0.0622 e. The summed E-state index contributed by atoms with van der Waals surface area (Å²) in [7, 11) is 0. The topological polar surface area (TPSA) is 0 Å². The summed E-state index contributed by atoms with van der Waals surface area (Å²) in [5, 5.41) is 0. The van der Waals surface area contributed by atoms with Crippen LogP contribution in [0.4, 0.5) is 0 Å². The van der Waals surface area contributed by atoms with E-state index in [9.17, 15) is 0 Å². The van der Waals surface area contributed by atoms with Crippen LogP contribution in [0.5, 0.6) is 0 Å². The molecule has 0 unspecified atom stereocenters. The average molecular weight is 322 g/mol. The first-order valence-corrected chi connectivity index (χ1v) is 8.80. The Hall–Kier alpha value is -2.86. The van der Waals surface area contributed by atoms with Crippen molar-refractivity contribution in [2.75, 3.05) is 0 Å². The first-order chi connectivity index (χ1) is 12.2. The van der Waals surface area contributed by atoms with Crippen LogP contribution in [-0.4, -0.2) is 0 Å². The molecule has 0 heterocycles. The third-order valence-electron chi connectivity index (χ3n) is 5.14. The molecule has 122 valence electrons. The van der Waals surface area contributed by atoms with Crippen molar-refractivity contribution >= 4 is 11.6 Å². The molecule has 0 N–H and O–H groups in total. The lowest BCUT2D eigenvalue weighted by Crippen LogP contribution is -2.16. The molecular weight excluding hydrogens is 300 g/mol. The van der Waals surface area contributed by atoms with Gasteiger partial charge in [0.25, 0.3) is 0 Å². The maximum atomic E-state index is 2.37. The SMILES string of the molecule is CC1(C)C(C=C(c2ccccc2)c2ccccc2)=Cc2ccccc21. The van der Waals surface area contributed by atoms with E-state index in [0.29, 0.717) is 0 Å². The maximum Gasteiger partial charge on any atom is 0.0152 e. The minimum absolute atomic E-state index is 0.0193. The second-order valence-corrected chi connectivity index (χ2v) is 7.10. The zero-order chi connectivity index (χ0) is 17.3. The van der Waals surface area contributed by atoms with Crippen molar-refractivity contribution in [3.05, 3.63) is 119 Å². The Labute approximate surface area is 150 Å². The highest BCUT2D eigenvalue weighted by Crippen LogP contribution is 2.43. The molecule has 3 aromatic carbocycles. The van der Waals surface area contributed by atoms with Crippen LogP contribution >= 0.6 is 0 Å². The maximum absolute atomic E-state index is 2.37. The van der Waals surface area contributed by atoms with Gasteiger partial charge in [-0.15, -0.1) is 0 Å². The van der Waals surface area contributed by atoms with Crippen molar-refractivity contribution < 1.29 is 0 Å². The van der Waals surface area contributed by atoms with Gasteiger partial charge in [-0.1, -0.05) is 105 Å². The monoisotopic (exact) mass is 322 g/mol. The summed E-state index contributed by atoms with van der Waals surface area (Å²) in [5.41, 5.74) is 7.89. The van der Waals surface area contributed by atoms with Gasteiger partial charge >= 0.3 is 0 Å². The van der Waals surface area contributed by atoms with Gasteiger partial charge in [0, 0.05) is 5.41 Å². The Kier molecular flexibility index (Phi) is 3.89. The van der Waals surface area contributed by atoms with Crippen LogP contribution in [-0.2, 0) is 5.41 Å². The number of benzene rings is 3. The highest BCUT2D eigenvalue weighted by Gasteiger charge is 2.31. The van der Waals surface area contributed by atoms with Gasteiger partial charge in [-0.25, -0.2) is 0 Å². The molecule has 0 aliphatic heterocycles. The number of fused-ring (bicyclic) bond motifs is 1. The minimum atomic E-state index is 0.0193. The largest absolute Gasteiger partial charge is 0.0622 e. The first kappa shape index (κ1) is 15.7. The molecule has 0 saturated heterocycles. The number of allylic oxidation sites excluding steroid dienone is 2. The third kappa shape index (κ3) is 2.85. The fraction of sp³-hybridized carbons (Fsp3) is 0.120. The summed E-state index contributed by atoms with van der Waals surface area (Å²) in [5.74, 6) is 0. The number of hydrogen-bond acceptors (Lipinski definition) is 0. The molecule has 0 fully saturated rings. The van der Waals surface area contributed by atoms with Crippen LogP contribution < -0.4 is 0 Å². The Morgan fingerprint density at radius 2 is 1.20 bits per heavy atom. The molecular formula is C25H22. The summed E-state index contributed by atoms with van der Waals surface area (Å²) in [6.45, 7) is 4.63. The fourth-order valence-corrected chi connectivity index (χ4v) is 3.64. The van der Waals surface area contributed by atoms with Crippen molar-refractivity contribution in [2.24, 2.45) is 0 Å². The predicted octanol–water partition coefficient (Wildman–Crippen LogP) is 6.49. The fourth-order valence-electron chi connectivity index (χ4n) is 3.64. The Balaban J connectivity index is 1.87. The van der Waals surface area contributed by atoms with Crippen LogP contribution in [0.15, 0.2) is 96.6 Å². The lowest BCUT2D eigenvalue weighted by Gasteiger charge is -2.24. The van der Waals surface area contributed by atoms with Crippen molar-refractivity contribution in [3.63, 3.8) is 0 Å². The standard InChI is InChI=1S/C25H22/c1-25(2)22(17-21-15-9-10-16-24(21)25)18-23(19-11-5-3-6-12-19)20-13-7-4-8-14-20/h3-18H,1-2H3. The van der Waals surface area contributed by atoms with Crippen LogP contribution in [0.1, 0.15) is 36.1 Å². The van der Waals surface area contributed by atoms with Gasteiger partial charge in [0.05, 0.1) is 0 Å². The van der Waals surface area contributed by atoms with Crippen LogP contribution in [0.2, 0.25) is 0 Å². The van der Waals surface area contributed by atoms with E-state index in [1.165, 1.54) is 33.4 Å². The molecule has 0 heteroatoms.